The van der Waals surface area contributed by atoms with Gasteiger partial charge >= 0.3 is 0 Å². The molecule has 0 saturated heterocycles. The van der Waals surface area contributed by atoms with Crippen LogP contribution in [0.25, 0.3) is 27.7 Å². The lowest BCUT2D eigenvalue weighted by Gasteiger charge is -2.08. The topological polar surface area (TPSA) is 17.8 Å². The fourth-order valence-electron chi connectivity index (χ4n) is 2.84. The maximum atomic E-state index is 13.8. The van der Waals surface area contributed by atoms with Crippen LogP contribution in [0.15, 0.2) is 66.9 Å². The average molecular weight is 433 g/mol. The highest BCUT2D eigenvalue weighted by Crippen LogP contribution is 2.31. The minimum atomic E-state index is -0.313. The van der Waals surface area contributed by atoms with Crippen LogP contribution in [0.4, 0.5) is 4.39 Å². The van der Waals surface area contributed by atoms with Crippen molar-refractivity contribution in [2.75, 3.05) is 0 Å². The van der Waals surface area contributed by atoms with E-state index in [-0.39, 0.29) is 5.82 Å². The van der Waals surface area contributed by atoms with E-state index in [9.17, 15) is 4.39 Å². The lowest BCUT2D eigenvalue weighted by atomic mass is 10.1. The Labute approximate surface area is 180 Å². The van der Waals surface area contributed by atoms with Crippen molar-refractivity contribution >= 4 is 45.8 Å². The smallest absolute Gasteiger partial charge is 0.128 e. The molecule has 0 atom stereocenters. The highest BCUT2D eigenvalue weighted by atomic mass is 35.5. The van der Waals surface area contributed by atoms with Crippen LogP contribution in [0.3, 0.4) is 0 Å². The minimum absolute atomic E-state index is 0.313. The molecule has 0 bridgehead atoms. The Balaban J connectivity index is 0.000000660. The van der Waals surface area contributed by atoms with E-state index in [0.29, 0.717) is 16.0 Å². The molecule has 2 nitrogen and oxygen atoms in total. The predicted molar refractivity (Wildman–Crippen MR) is 126 cm³/mol. The van der Waals surface area contributed by atoms with Gasteiger partial charge in [-0.3, -0.25) is 0 Å². The van der Waals surface area contributed by atoms with E-state index in [0.717, 1.165) is 22.3 Å². The zero-order chi connectivity index (χ0) is 20.7. The molecule has 0 unspecified atom stereocenters. The van der Waals surface area contributed by atoms with Crippen LogP contribution >= 0.6 is 34.9 Å². The summed E-state index contributed by atoms with van der Waals surface area (Å²) >= 11 is 12.8. The summed E-state index contributed by atoms with van der Waals surface area (Å²) in [5.41, 5.74) is 4.34. The van der Waals surface area contributed by atoms with Crippen molar-refractivity contribution in [3.63, 3.8) is 0 Å². The third-order valence-electron chi connectivity index (χ3n) is 4.19. The van der Waals surface area contributed by atoms with Gasteiger partial charge in [-0.1, -0.05) is 67.9 Å². The zero-order valence-corrected chi connectivity index (χ0v) is 18.4. The van der Waals surface area contributed by atoms with Gasteiger partial charge < -0.3 is 0 Å². The molecule has 1 heterocycles. The van der Waals surface area contributed by atoms with Gasteiger partial charge in [-0.2, -0.15) is 5.10 Å². The van der Waals surface area contributed by atoms with Gasteiger partial charge in [0.25, 0.3) is 0 Å². The lowest BCUT2D eigenvalue weighted by Crippen LogP contribution is -1.97. The van der Waals surface area contributed by atoms with E-state index in [2.05, 4.69) is 40.6 Å². The molecule has 0 aliphatic rings. The van der Waals surface area contributed by atoms with Gasteiger partial charge in [0.15, 0.2) is 0 Å². The monoisotopic (exact) mass is 432 g/mol. The lowest BCUT2D eigenvalue weighted by molar-refractivity contribution is 0.620. The molecule has 0 spiro atoms. The summed E-state index contributed by atoms with van der Waals surface area (Å²) in [6.45, 7) is 5.67. The molecule has 4 rings (SSSR count). The summed E-state index contributed by atoms with van der Waals surface area (Å²) in [6, 6.07) is 19.7. The van der Waals surface area contributed by atoms with Gasteiger partial charge in [-0.25, -0.2) is 9.07 Å². The summed E-state index contributed by atoms with van der Waals surface area (Å²) < 4.78 is 15.6. The van der Waals surface area contributed by atoms with Crippen LogP contribution in [0, 0.1) is 12.7 Å². The summed E-state index contributed by atoms with van der Waals surface area (Å²) in [7, 11) is 0. The molecule has 3 aromatic carbocycles. The molecular formula is C22H22ClFN2S2. The number of halogens is 2. The average Bonchev–Trinajstić information content (AvgIpc) is 3.19. The minimum Gasteiger partial charge on any atom is -0.232 e. The summed E-state index contributed by atoms with van der Waals surface area (Å²) in [6.07, 6.45) is 1.63. The highest BCUT2D eigenvalue weighted by Gasteiger charge is 2.14. The van der Waals surface area contributed by atoms with Crippen LogP contribution in [0.5, 0.6) is 0 Å². The molecule has 28 heavy (non-hydrogen) atoms. The van der Waals surface area contributed by atoms with Gasteiger partial charge in [0.1, 0.15) is 5.82 Å². The Kier molecular flexibility index (Phi) is 8.42. The maximum absolute atomic E-state index is 13.8. The first kappa shape index (κ1) is 22.3. The quantitative estimate of drug-likeness (QED) is 0.246. The molecule has 1 aromatic heterocycles. The van der Waals surface area contributed by atoms with Crippen molar-refractivity contribution in [2.24, 2.45) is 0 Å². The maximum Gasteiger partial charge on any atom is 0.128 e. The summed E-state index contributed by atoms with van der Waals surface area (Å²) in [5.74, 6) is -0.313. The Bertz CT molecular complexity index is 1030. The zero-order valence-electron chi connectivity index (χ0n) is 15.9. The molecular weight excluding hydrogens is 411 g/mol. The Morgan fingerprint density at radius 1 is 0.929 bits per heavy atom. The highest BCUT2D eigenvalue weighted by molar-refractivity contribution is 8.59. The third kappa shape index (κ3) is 4.54. The van der Waals surface area contributed by atoms with E-state index >= 15 is 0 Å². The van der Waals surface area contributed by atoms with Crippen molar-refractivity contribution in [3.8, 4) is 16.8 Å². The number of benzene rings is 3. The predicted octanol–water partition coefficient (Wildman–Crippen LogP) is 7.58. The van der Waals surface area contributed by atoms with E-state index in [1.165, 1.54) is 6.07 Å². The second-order valence-corrected chi connectivity index (χ2v) is 6.08. The fraction of sp³-hybridized carbons (Fsp3) is 0.136. The van der Waals surface area contributed by atoms with E-state index in [4.69, 9.17) is 11.6 Å². The van der Waals surface area contributed by atoms with Gasteiger partial charge in [-0.15, -0.1) is 23.3 Å². The van der Waals surface area contributed by atoms with Gasteiger partial charge in [0.2, 0.25) is 0 Å². The van der Waals surface area contributed by atoms with Crippen molar-refractivity contribution in [1.29, 1.82) is 0 Å². The number of rotatable bonds is 2. The molecule has 0 aliphatic heterocycles. The van der Waals surface area contributed by atoms with Crippen molar-refractivity contribution in [3.05, 3.63) is 83.3 Å². The van der Waals surface area contributed by atoms with Gasteiger partial charge in [0.05, 0.1) is 22.4 Å². The Morgan fingerprint density at radius 3 is 2.11 bits per heavy atom. The van der Waals surface area contributed by atoms with Crippen molar-refractivity contribution in [1.82, 2.24) is 9.78 Å². The first-order chi connectivity index (χ1) is 13.6. The first-order valence-corrected chi connectivity index (χ1v) is 10.8. The number of thiol groups is 2. The molecule has 0 amide bonds. The number of aromatic nitrogens is 2. The van der Waals surface area contributed by atoms with Gasteiger partial charge in [-0.05, 0) is 36.2 Å². The summed E-state index contributed by atoms with van der Waals surface area (Å²) in [4.78, 5) is 0. The molecule has 0 saturated carbocycles. The number of fused-ring (bicyclic) bond motifs is 1. The normalized spacial score (nSPS) is 9.96. The second kappa shape index (κ2) is 10.6. The van der Waals surface area contributed by atoms with Crippen LogP contribution in [-0.2, 0) is 0 Å². The van der Waals surface area contributed by atoms with E-state index in [1.807, 2.05) is 56.3 Å². The fourth-order valence-corrected chi connectivity index (χ4v) is 3.11. The molecule has 146 valence electrons. The Hall–Kier alpha value is -1.95. The van der Waals surface area contributed by atoms with Crippen molar-refractivity contribution < 1.29 is 4.39 Å². The van der Waals surface area contributed by atoms with Crippen LogP contribution in [0.1, 0.15) is 19.4 Å². The standard InChI is InChI=1S/C20H14ClFN2.C2H6.H2S2/c1-13-18(22)11-16-12-23-24(20(16)19(13)21)17-9-7-15(8-10-17)14-5-3-2-4-6-14;2*1-2/h2-12H,1H3;1-2H3;1-2H. The van der Waals surface area contributed by atoms with Crippen LogP contribution < -0.4 is 0 Å². The first-order valence-electron chi connectivity index (χ1n) is 8.83. The largest absolute Gasteiger partial charge is 0.232 e. The molecule has 0 aliphatic carbocycles. The molecule has 6 heteroatoms. The van der Waals surface area contributed by atoms with Crippen LogP contribution in [0.2, 0.25) is 5.02 Å². The third-order valence-corrected chi connectivity index (χ3v) is 4.66. The molecule has 0 fully saturated rings. The SMILES string of the molecule is CC.Cc1c(F)cc2cnn(-c3ccc(-c4ccccc4)cc3)c2c1Cl.SS. The van der Waals surface area contributed by atoms with Crippen LogP contribution in [-0.4, -0.2) is 9.78 Å². The van der Waals surface area contributed by atoms with E-state index < -0.39 is 0 Å². The molecule has 0 radical (unpaired) electrons. The Morgan fingerprint density at radius 2 is 1.50 bits per heavy atom. The molecule has 4 aromatic rings. The van der Waals surface area contributed by atoms with E-state index in [1.54, 1.807) is 17.8 Å². The number of hydrogen-bond donors (Lipinski definition) is 2. The number of nitrogens with zero attached hydrogens (tertiary/aromatic N) is 2. The molecule has 0 N–H and O–H groups in total. The van der Waals surface area contributed by atoms with Crippen molar-refractivity contribution in [2.45, 2.75) is 20.8 Å². The second-order valence-electron chi connectivity index (χ2n) is 5.70. The van der Waals surface area contributed by atoms with Gasteiger partial charge in [0, 0.05) is 10.9 Å². The summed E-state index contributed by atoms with van der Waals surface area (Å²) in [5, 5.41) is 5.46. The number of hydrogen-bond acceptors (Lipinski definition) is 3.